The van der Waals surface area contributed by atoms with Crippen LogP contribution in [0.1, 0.15) is 83.1 Å². The largest absolute Gasteiger partial charge is 1.00 e. The molecule has 0 rings (SSSR count). The third-order valence-corrected chi connectivity index (χ3v) is 11.9. The molecule has 0 aliphatic rings. The van der Waals surface area contributed by atoms with Gasteiger partial charge < -0.3 is 9.44 Å². The Labute approximate surface area is 234 Å². The van der Waals surface area contributed by atoms with E-state index in [2.05, 4.69) is 114 Å². The minimum absolute atomic E-state index is 0. The number of rotatable bonds is 6. The Balaban J connectivity index is -0.000000231. The van der Waals surface area contributed by atoms with Crippen molar-refractivity contribution in [3.63, 3.8) is 0 Å². The van der Waals surface area contributed by atoms with Crippen LogP contribution in [0.3, 0.4) is 0 Å². The molecule has 2 atom stereocenters. The van der Waals surface area contributed by atoms with Gasteiger partial charge in [-0.2, -0.15) is 10.9 Å². The van der Waals surface area contributed by atoms with Gasteiger partial charge in [-0.1, -0.05) is 60.3 Å². The fourth-order valence-electron chi connectivity index (χ4n) is 1.99. The zero-order chi connectivity index (χ0) is 24.6. The maximum absolute atomic E-state index is 4.87. The second-order valence-corrected chi connectivity index (χ2v) is 21.3. The Morgan fingerprint density at radius 3 is 1.44 bits per heavy atom. The first kappa shape index (κ1) is 41.4. The van der Waals surface area contributed by atoms with E-state index in [0.29, 0.717) is 0 Å². The van der Waals surface area contributed by atoms with Crippen molar-refractivity contribution < 1.29 is 42.1 Å². The molecule has 10 heteroatoms. The van der Waals surface area contributed by atoms with Gasteiger partial charge in [-0.15, -0.1) is 11.1 Å². The second-order valence-electron chi connectivity index (χ2n) is 12.4. The second kappa shape index (κ2) is 17.7. The summed E-state index contributed by atoms with van der Waals surface area (Å²) in [5.41, 5.74) is 2.67. The van der Waals surface area contributed by atoms with E-state index in [1.54, 1.807) is 0 Å². The van der Waals surface area contributed by atoms with Gasteiger partial charge in [0.25, 0.3) is 0 Å². The van der Waals surface area contributed by atoms with Crippen LogP contribution >= 0.6 is 15.8 Å². The smallest absolute Gasteiger partial charge is 0.587 e. The molecule has 0 aromatic heterocycles. The van der Waals surface area contributed by atoms with E-state index in [1.165, 1.54) is 11.0 Å². The molecule has 184 valence electrons. The molecule has 0 unspecified atom stereocenters. The van der Waals surface area contributed by atoms with Crippen molar-refractivity contribution in [2.75, 3.05) is 37.6 Å². The van der Waals surface area contributed by atoms with Gasteiger partial charge in [-0.25, -0.2) is 4.36 Å². The summed E-state index contributed by atoms with van der Waals surface area (Å²) in [6.45, 7) is 35.4. The van der Waals surface area contributed by atoms with Crippen LogP contribution in [-0.4, -0.2) is 59.8 Å². The zero-order valence-electron chi connectivity index (χ0n) is 25.0. The van der Waals surface area contributed by atoms with E-state index in [-0.39, 0.29) is 97.5 Å². The van der Waals surface area contributed by atoms with Gasteiger partial charge in [0.2, 0.25) is 0 Å². The molecule has 0 aromatic carbocycles. The van der Waals surface area contributed by atoms with Crippen molar-refractivity contribution in [1.82, 2.24) is 0 Å². The Morgan fingerprint density at radius 1 is 0.781 bits per heavy atom. The molecule has 32 heavy (non-hydrogen) atoms. The van der Waals surface area contributed by atoms with E-state index in [0.717, 1.165) is 0 Å². The molecule has 0 aromatic rings. The van der Waals surface area contributed by atoms with Gasteiger partial charge in [-0.05, 0) is 34.1 Å². The van der Waals surface area contributed by atoms with Gasteiger partial charge in [0.05, 0.1) is 11.0 Å². The maximum atomic E-state index is 4.87. The van der Waals surface area contributed by atoms with Crippen molar-refractivity contribution in [2.45, 2.75) is 105 Å². The zero-order valence-corrected chi connectivity index (χ0v) is 28.5. The van der Waals surface area contributed by atoms with Gasteiger partial charge in [-0.3, -0.25) is 4.36 Å². The van der Waals surface area contributed by atoms with Crippen LogP contribution in [0.5, 0.6) is 0 Å². The van der Waals surface area contributed by atoms with Crippen LogP contribution in [0, 0.1) is 0 Å². The van der Waals surface area contributed by atoms with Gasteiger partial charge in [0, 0.05) is 47.5 Å². The number of hydrogen-bond acceptors (Lipinski definition) is 1. The molecule has 0 aliphatic heterocycles. The summed E-state index contributed by atoms with van der Waals surface area (Å²) in [7, 11) is -0.229. The number of nitrogens with zero attached hydrogens (tertiary/aromatic N) is 3. The Bertz CT molecular complexity index is 508. The van der Waals surface area contributed by atoms with Crippen molar-refractivity contribution in [3.8, 4) is 0 Å². The third kappa shape index (κ3) is 34.4. The Morgan fingerprint density at radius 2 is 1.19 bits per heavy atom. The quantitative estimate of drug-likeness (QED) is 0.398. The molecule has 0 aliphatic carbocycles. The molecular weight excluding hydrogens is 460 g/mol. The maximum Gasteiger partial charge on any atom is 1.00 e. The average molecular weight is 515 g/mol. The van der Waals surface area contributed by atoms with Crippen LogP contribution in [0.15, 0.2) is 4.36 Å². The minimum atomic E-state index is -0.252. The molecule has 1 N–H and O–H groups in total. The summed E-state index contributed by atoms with van der Waals surface area (Å²) in [6.07, 6.45) is 0. The van der Waals surface area contributed by atoms with Crippen LogP contribution in [0.25, 0.3) is 9.44 Å². The average Bonchev–Trinajstić information content (AvgIpc) is 2.27. The van der Waals surface area contributed by atoms with Crippen molar-refractivity contribution in [3.05, 3.63) is 9.44 Å². The molecule has 0 bridgehead atoms. The Kier molecular flexibility index (Phi) is 22.9. The predicted octanol–water partition coefficient (Wildman–Crippen LogP) is 0.567. The van der Waals surface area contributed by atoms with Crippen molar-refractivity contribution in [2.24, 2.45) is 4.36 Å². The molecule has 0 fully saturated rings. The van der Waals surface area contributed by atoms with Crippen LogP contribution in [0.4, 0.5) is 0 Å². The normalized spacial score (nSPS) is 15.1. The standard InChI is InChI=1S/2C11H26N2PS.2Li/c2*1-10(2,3)12-15(9-14(7)8)13-11(4,5)6;;/h2*9H2,1-8H3;;/q2*-1;2*+1/p+2. The minimum Gasteiger partial charge on any atom is -0.587 e. The van der Waals surface area contributed by atoms with Crippen LogP contribution < -0.4 is 42.1 Å². The number of nitrogens with one attached hydrogen (secondary N) is 1. The fourth-order valence-corrected chi connectivity index (χ4v) is 9.73. The molecular formula is C22H54Li2N4P2S2+2. The molecule has 0 saturated carbocycles. The van der Waals surface area contributed by atoms with E-state index < -0.39 is 0 Å². The molecule has 0 saturated heterocycles. The van der Waals surface area contributed by atoms with Crippen molar-refractivity contribution >= 4 is 37.6 Å². The van der Waals surface area contributed by atoms with Gasteiger partial charge in [0.1, 0.15) is 0 Å². The topological polar surface area (TPSA) is 54.5 Å². The summed E-state index contributed by atoms with van der Waals surface area (Å²) >= 11 is 0. The van der Waals surface area contributed by atoms with E-state index in [1.807, 2.05) is 0 Å². The van der Waals surface area contributed by atoms with Crippen LogP contribution in [-0.2, 0) is 21.8 Å². The van der Waals surface area contributed by atoms with E-state index in [4.69, 9.17) is 13.8 Å². The first-order chi connectivity index (χ1) is 13.0. The summed E-state index contributed by atoms with van der Waals surface area (Å²) < 4.78 is 18.1. The van der Waals surface area contributed by atoms with E-state index in [9.17, 15) is 0 Å². The summed E-state index contributed by atoms with van der Waals surface area (Å²) in [6, 6.07) is 0. The molecule has 0 heterocycles. The third-order valence-electron chi connectivity index (χ3n) is 2.36. The predicted molar refractivity (Wildman–Crippen MR) is 153 cm³/mol. The van der Waals surface area contributed by atoms with Crippen molar-refractivity contribution in [1.29, 1.82) is 0 Å². The monoisotopic (exact) mass is 514 g/mol. The first-order valence-electron chi connectivity index (χ1n) is 10.8. The van der Waals surface area contributed by atoms with Crippen LogP contribution in [0.2, 0.25) is 0 Å². The summed E-state index contributed by atoms with van der Waals surface area (Å²) in [4.78, 5) is 0. The van der Waals surface area contributed by atoms with Gasteiger partial charge >= 0.3 is 37.7 Å². The van der Waals surface area contributed by atoms with Gasteiger partial charge in [0.15, 0.2) is 5.54 Å². The molecule has 0 spiro atoms. The molecule has 0 radical (unpaired) electrons. The summed E-state index contributed by atoms with van der Waals surface area (Å²) in [5.74, 6) is 0. The SMILES string of the molecule is CP(C)C[S@]([N-]C(C)(C)C)=[NH+]C(C)(C)C.C[PH+](C)C[S@](=NC(C)(C)C)[N-]C(C)(C)C.[Li+].[Li+]. The summed E-state index contributed by atoms with van der Waals surface area (Å²) in [5, 5.41) is 0. The molecule has 0 amide bonds. The molecule has 4 nitrogen and oxygen atoms in total. The fraction of sp³-hybridized carbons (Fsp3) is 1.00. The first-order valence-corrected chi connectivity index (χ1v) is 18.6. The van der Waals surface area contributed by atoms with E-state index >= 15 is 0 Å². The Hall–Kier alpha value is 2.27. The number of hydrogen-bond donors (Lipinski definition) is 1.